The van der Waals surface area contributed by atoms with Gasteiger partial charge in [-0.2, -0.15) is 4.31 Å². The lowest BCUT2D eigenvalue weighted by Crippen LogP contribution is -2.33. The van der Waals surface area contributed by atoms with E-state index >= 15 is 0 Å². The lowest BCUT2D eigenvalue weighted by atomic mass is 9.87. The number of methoxy groups -OCH3 is 2. The van der Waals surface area contributed by atoms with E-state index in [1.165, 1.54) is 20.3 Å². The van der Waals surface area contributed by atoms with Crippen molar-refractivity contribution in [1.82, 2.24) is 9.62 Å². The van der Waals surface area contributed by atoms with Gasteiger partial charge in [0, 0.05) is 25.7 Å². The minimum absolute atomic E-state index is 0.115. The molecular formula is C15H22N2O4S. The molecule has 0 radical (unpaired) electrons. The van der Waals surface area contributed by atoms with Crippen LogP contribution in [0.15, 0.2) is 23.1 Å². The summed E-state index contributed by atoms with van der Waals surface area (Å²) in [7, 11) is -0.455. The van der Waals surface area contributed by atoms with Crippen LogP contribution in [0.4, 0.5) is 0 Å². The van der Waals surface area contributed by atoms with Crippen LogP contribution in [0.25, 0.3) is 0 Å². The van der Waals surface area contributed by atoms with Gasteiger partial charge in [-0.3, -0.25) is 0 Å². The molecule has 1 atom stereocenters. The fourth-order valence-corrected chi connectivity index (χ4v) is 4.94. The lowest BCUT2D eigenvalue weighted by molar-refractivity contribution is 0.337. The smallest absolute Gasteiger partial charge is 0.243 e. The molecule has 22 heavy (non-hydrogen) atoms. The van der Waals surface area contributed by atoms with E-state index in [1.54, 1.807) is 16.4 Å². The van der Waals surface area contributed by atoms with Crippen LogP contribution in [0.3, 0.4) is 0 Å². The molecule has 6 nitrogen and oxygen atoms in total. The van der Waals surface area contributed by atoms with Crippen LogP contribution in [-0.2, 0) is 10.0 Å². The molecule has 0 bridgehead atoms. The van der Waals surface area contributed by atoms with Gasteiger partial charge < -0.3 is 14.8 Å². The number of hydrogen-bond donors (Lipinski definition) is 1. The third-order valence-electron chi connectivity index (χ3n) is 4.73. The van der Waals surface area contributed by atoms with Gasteiger partial charge in [0.1, 0.15) is 0 Å². The van der Waals surface area contributed by atoms with E-state index in [0.29, 0.717) is 24.6 Å². The second-order valence-electron chi connectivity index (χ2n) is 6.03. The predicted molar refractivity (Wildman–Crippen MR) is 82.8 cm³/mol. The molecule has 122 valence electrons. The van der Waals surface area contributed by atoms with E-state index in [1.807, 2.05) is 0 Å². The van der Waals surface area contributed by atoms with Gasteiger partial charge in [-0.25, -0.2) is 8.42 Å². The molecule has 1 N–H and O–H groups in total. The van der Waals surface area contributed by atoms with Gasteiger partial charge in [0.05, 0.1) is 19.1 Å². The van der Waals surface area contributed by atoms with Gasteiger partial charge in [-0.05, 0) is 36.9 Å². The zero-order valence-electron chi connectivity index (χ0n) is 13.0. The number of benzene rings is 1. The molecule has 2 saturated heterocycles. The minimum Gasteiger partial charge on any atom is -0.493 e. The van der Waals surface area contributed by atoms with E-state index in [-0.39, 0.29) is 10.3 Å². The summed E-state index contributed by atoms with van der Waals surface area (Å²) in [6, 6.07) is 4.75. The van der Waals surface area contributed by atoms with Crippen molar-refractivity contribution >= 4 is 10.0 Å². The van der Waals surface area contributed by atoms with Gasteiger partial charge in [0.2, 0.25) is 10.0 Å². The Bertz CT molecular complexity index is 654. The minimum atomic E-state index is -3.49. The highest BCUT2D eigenvalue weighted by Crippen LogP contribution is 2.39. The van der Waals surface area contributed by atoms with Gasteiger partial charge in [0.15, 0.2) is 11.5 Å². The van der Waals surface area contributed by atoms with E-state index in [4.69, 9.17) is 9.47 Å². The Morgan fingerprint density at radius 1 is 1.18 bits per heavy atom. The summed E-state index contributed by atoms with van der Waals surface area (Å²) in [5.74, 6) is 0.958. The lowest BCUT2D eigenvalue weighted by Gasteiger charge is -2.22. The molecule has 1 spiro atoms. The topological polar surface area (TPSA) is 67.9 Å². The van der Waals surface area contributed by atoms with Crippen molar-refractivity contribution in [2.75, 3.05) is 40.4 Å². The molecule has 0 saturated carbocycles. The van der Waals surface area contributed by atoms with Crippen LogP contribution in [0.5, 0.6) is 11.5 Å². The van der Waals surface area contributed by atoms with Crippen LogP contribution in [0.1, 0.15) is 12.8 Å². The second-order valence-corrected chi connectivity index (χ2v) is 7.97. The maximum atomic E-state index is 12.9. The first-order chi connectivity index (χ1) is 10.5. The van der Waals surface area contributed by atoms with E-state index < -0.39 is 10.0 Å². The first kappa shape index (κ1) is 15.6. The van der Waals surface area contributed by atoms with Crippen molar-refractivity contribution in [3.8, 4) is 11.5 Å². The summed E-state index contributed by atoms with van der Waals surface area (Å²) in [5.41, 5.74) is 0.115. The molecule has 2 heterocycles. The zero-order chi connectivity index (χ0) is 15.8. The molecule has 1 aromatic carbocycles. The van der Waals surface area contributed by atoms with Crippen molar-refractivity contribution in [1.29, 1.82) is 0 Å². The molecule has 3 rings (SSSR count). The Balaban J connectivity index is 1.87. The Hall–Kier alpha value is -1.31. The summed E-state index contributed by atoms with van der Waals surface area (Å²) >= 11 is 0. The highest BCUT2D eigenvalue weighted by molar-refractivity contribution is 7.89. The number of rotatable bonds is 4. The van der Waals surface area contributed by atoms with Gasteiger partial charge >= 0.3 is 0 Å². The number of hydrogen-bond acceptors (Lipinski definition) is 5. The SMILES string of the molecule is COc1ccc(S(=O)(=O)N2CCC3(CCNC3)C2)cc1OC. The molecule has 1 unspecified atom stereocenters. The third-order valence-corrected chi connectivity index (χ3v) is 6.57. The Kier molecular flexibility index (Phi) is 4.05. The maximum Gasteiger partial charge on any atom is 0.243 e. The molecular weight excluding hydrogens is 304 g/mol. The molecule has 1 aromatic rings. The summed E-state index contributed by atoms with van der Waals surface area (Å²) in [5, 5.41) is 3.34. The predicted octanol–water partition coefficient (Wildman–Crippen LogP) is 1.08. The Labute approximate surface area is 131 Å². The van der Waals surface area contributed by atoms with Crippen LogP contribution < -0.4 is 14.8 Å². The number of nitrogens with one attached hydrogen (secondary N) is 1. The van der Waals surface area contributed by atoms with E-state index in [9.17, 15) is 8.42 Å². The number of nitrogens with zero attached hydrogens (tertiary/aromatic N) is 1. The van der Waals surface area contributed by atoms with Crippen molar-refractivity contribution in [3.63, 3.8) is 0 Å². The first-order valence-electron chi connectivity index (χ1n) is 7.44. The number of ether oxygens (including phenoxy) is 2. The molecule has 0 aromatic heterocycles. The Morgan fingerprint density at radius 3 is 2.59 bits per heavy atom. The highest BCUT2D eigenvalue weighted by atomic mass is 32.2. The number of sulfonamides is 1. The molecule has 2 aliphatic heterocycles. The third kappa shape index (κ3) is 2.57. The van der Waals surface area contributed by atoms with Crippen LogP contribution in [0, 0.1) is 5.41 Å². The summed E-state index contributed by atoms with van der Waals surface area (Å²) in [6.45, 7) is 3.06. The van der Waals surface area contributed by atoms with E-state index in [2.05, 4.69) is 5.32 Å². The zero-order valence-corrected chi connectivity index (χ0v) is 13.8. The van der Waals surface area contributed by atoms with Gasteiger partial charge in [-0.1, -0.05) is 0 Å². The molecule has 7 heteroatoms. The molecule has 2 fully saturated rings. The standard InChI is InChI=1S/C15H22N2O4S/c1-20-13-4-3-12(9-14(13)21-2)22(18,19)17-8-6-15(11-17)5-7-16-10-15/h3-4,9,16H,5-8,10-11H2,1-2H3. The first-order valence-corrected chi connectivity index (χ1v) is 8.88. The summed E-state index contributed by atoms with van der Waals surface area (Å²) < 4.78 is 37.7. The van der Waals surface area contributed by atoms with Crippen LogP contribution >= 0.6 is 0 Å². The summed E-state index contributed by atoms with van der Waals surface area (Å²) in [4.78, 5) is 0.258. The van der Waals surface area contributed by atoms with Crippen molar-refractivity contribution in [2.24, 2.45) is 5.41 Å². The second kappa shape index (κ2) is 5.72. The summed E-state index contributed by atoms with van der Waals surface area (Å²) in [6.07, 6.45) is 1.97. The van der Waals surface area contributed by atoms with Gasteiger partial charge in [-0.15, -0.1) is 0 Å². The highest BCUT2D eigenvalue weighted by Gasteiger charge is 2.44. The maximum absolute atomic E-state index is 12.9. The van der Waals surface area contributed by atoms with Crippen LogP contribution in [-0.4, -0.2) is 53.1 Å². The van der Waals surface area contributed by atoms with E-state index in [0.717, 1.165) is 25.9 Å². The largest absolute Gasteiger partial charge is 0.493 e. The monoisotopic (exact) mass is 326 g/mol. The average molecular weight is 326 g/mol. The van der Waals surface area contributed by atoms with Crippen molar-refractivity contribution < 1.29 is 17.9 Å². The fourth-order valence-electron chi connectivity index (χ4n) is 3.37. The molecule has 0 aliphatic carbocycles. The quantitative estimate of drug-likeness (QED) is 0.897. The van der Waals surface area contributed by atoms with Crippen molar-refractivity contribution in [3.05, 3.63) is 18.2 Å². The normalized spacial score (nSPS) is 25.7. The Morgan fingerprint density at radius 2 is 1.95 bits per heavy atom. The average Bonchev–Trinajstić information content (AvgIpc) is 3.17. The van der Waals surface area contributed by atoms with Gasteiger partial charge in [0.25, 0.3) is 0 Å². The van der Waals surface area contributed by atoms with Crippen LogP contribution in [0.2, 0.25) is 0 Å². The fraction of sp³-hybridized carbons (Fsp3) is 0.600. The molecule has 0 amide bonds. The molecule has 2 aliphatic rings. The van der Waals surface area contributed by atoms with Crippen molar-refractivity contribution in [2.45, 2.75) is 17.7 Å².